The summed E-state index contributed by atoms with van der Waals surface area (Å²) < 4.78 is 10.7. The average molecular weight is 264 g/mol. The molecule has 0 unspecified atom stereocenters. The first kappa shape index (κ1) is 13.8. The van der Waals surface area contributed by atoms with E-state index in [1.54, 1.807) is 13.3 Å². The Bertz CT molecular complexity index is 468. The quantitative estimate of drug-likeness (QED) is 0.895. The third-order valence-electron chi connectivity index (χ3n) is 3.40. The van der Waals surface area contributed by atoms with Crippen LogP contribution in [0.5, 0.6) is 5.75 Å². The number of carbonyl (C=O) groups excluding carboxylic acids is 1. The number of hydrogen-bond acceptors (Lipinski definition) is 4. The Morgan fingerprint density at radius 1 is 1.58 bits per heavy atom. The van der Waals surface area contributed by atoms with E-state index < -0.39 is 0 Å². The summed E-state index contributed by atoms with van der Waals surface area (Å²) >= 11 is 0. The number of nitrogens with one attached hydrogen (secondary N) is 1. The summed E-state index contributed by atoms with van der Waals surface area (Å²) in [4.78, 5) is 16.2. The van der Waals surface area contributed by atoms with Crippen LogP contribution in [0.4, 0.5) is 0 Å². The molecule has 0 bridgehead atoms. The monoisotopic (exact) mass is 264 g/mol. The molecule has 0 aliphatic carbocycles. The van der Waals surface area contributed by atoms with Crippen LogP contribution in [0.1, 0.15) is 29.7 Å². The smallest absolute Gasteiger partial charge is 0.249 e. The molecule has 19 heavy (non-hydrogen) atoms. The van der Waals surface area contributed by atoms with Crippen molar-refractivity contribution in [3.8, 4) is 5.75 Å². The van der Waals surface area contributed by atoms with Crippen LogP contribution in [0.15, 0.2) is 6.20 Å². The van der Waals surface area contributed by atoms with E-state index in [-0.39, 0.29) is 12.0 Å². The van der Waals surface area contributed by atoms with Gasteiger partial charge < -0.3 is 14.8 Å². The van der Waals surface area contributed by atoms with E-state index in [2.05, 4.69) is 10.3 Å². The fraction of sp³-hybridized carbons (Fsp3) is 0.571. The Hall–Kier alpha value is -1.62. The van der Waals surface area contributed by atoms with E-state index >= 15 is 0 Å². The molecular formula is C14H20N2O3. The molecule has 0 radical (unpaired) electrons. The molecule has 1 amide bonds. The summed E-state index contributed by atoms with van der Waals surface area (Å²) in [7, 11) is 1.64. The lowest BCUT2D eigenvalue weighted by atomic mass is 10.1. The average Bonchev–Trinajstić information content (AvgIpc) is 2.92. The number of methoxy groups -OCH3 is 1. The minimum Gasteiger partial charge on any atom is -0.496 e. The van der Waals surface area contributed by atoms with Crippen LogP contribution in [0, 0.1) is 13.8 Å². The van der Waals surface area contributed by atoms with E-state index in [0.717, 1.165) is 35.4 Å². The number of amides is 1. The highest BCUT2D eigenvalue weighted by atomic mass is 16.5. The Morgan fingerprint density at radius 2 is 2.37 bits per heavy atom. The molecule has 1 aromatic heterocycles. The maximum absolute atomic E-state index is 11.9. The first-order valence-electron chi connectivity index (χ1n) is 6.52. The lowest BCUT2D eigenvalue weighted by Crippen LogP contribution is -2.34. The number of rotatable bonds is 4. The number of hydrogen-bond donors (Lipinski definition) is 1. The van der Waals surface area contributed by atoms with Gasteiger partial charge in [0.05, 0.1) is 19.3 Å². The number of aromatic nitrogens is 1. The number of nitrogens with zero attached hydrogens (tertiary/aromatic N) is 1. The van der Waals surface area contributed by atoms with Crippen LogP contribution < -0.4 is 10.1 Å². The molecule has 1 N–H and O–H groups in total. The number of aryl methyl sites for hydroxylation is 1. The third kappa shape index (κ3) is 3.04. The molecule has 0 aromatic carbocycles. The molecular weight excluding hydrogens is 244 g/mol. The molecule has 0 spiro atoms. The van der Waals surface area contributed by atoms with Crippen LogP contribution in [0.2, 0.25) is 0 Å². The summed E-state index contributed by atoms with van der Waals surface area (Å²) in [6.07, 6.45) is 3.22. The van der Waals surface area contributed by atoms with Gasteiger partial charge in [0.25, 0.3) is 0 Å². The van der Waals surface area contributed by atoms with Gasteiger partial charge in [-0.3, -0.25) is 9.78 Å². The molecule has 1 fully saturated rings. The van der Waals surface area contributed by atoms with E-state index in [9.17, 15) is 4.79 Å². The van der Waals surface area contributed by atoms with Gasteiger partial charge in [-0.05, 0) is 26.7 Å². The SMILES string of the molecule is COc1c(C)cnc(CNC(=O)[C@H]2CCCO2)c1C. The molecule has 1 saturated heterocycles. The van der Waals surface area contributed by atoms with Crippen LogP contribution >= 0.6 is 0 Å². The minimum atomic E-state index is -0.298. The second kappa shape index (κ2) is 6.02. The summed E-state index contributed by atoms with van der Waals surface area (Å²) in [5.74, 6) is 0.773. The van der Waals surface area contributed by atoms with Gasteiger partial charge in [-0.25, -0.2) is 0 Å². The summed E-state index contributed by atoms with van der Waals surface area (Å²) in [6.45, 7) is 4.98. The third-order valence-corrected chi connectivity index (χ3v) is 3.40. The highest BCUT2D eigenvalue weighted by Crippen LogP contribution is 2.23. The van der Waals surface area contributed by atoms with Gasteiger partial charge in [-0.1, -0.05) is 0 Å². The van der Waals surface area contributed by atoms with Gasteiger partial charge in [-0.2, -0.15) is 0 Å². The first-order chi connectivity index (χ1) is 9.13. The maximum atomic E-state index is 11.9. The summed E-state index contributed by atoms with van der Waals surface area (Å²) in [5, 5.41) is 2.87. The zero-order chi connectivity index (χ0) is 13.8. The summed E-state index contributed by atoms with van der Waals surface area (Å²) in [5.41, 5.74) is 2.79. The number of pyridine rings is 1. The van der Waals surface area contributed by atoms with Crippen LogP contribution in [-0.4, -0.2) is 30.7 Å². The number of carbonyl (C=O) groups is 1. The standard InChI is InChI=1S/C14H20N2O3/c1-9-7-15-11(10(2)13(9)18-3)8-16-14(17)12-5-4-6-19-12/h7,12H,4-6,8H2,1-3H3,(H,16,17)/t12-/m1/s1. The molecule has 1 aliphatic heterocycles. The van der Waals surface area contributed by atoms with Gasteiger partial charge in [0.2, 0.25) is 5.91 Å². The molecule has 5 heteroatoms. The second-order valence-corrected chi connectivity index (χ2v) is 4.77. The van der Waals surface area contributed by atoms with Crippen molar-refractivity contribution in [1.82, 2.24) is 10.3 Å². The van der Waals surface area contributed by atoms with Gasteiger partial charge in [0.1, 0.15) is 11.9 Å². The molecule has 2 heterocycles. The molecule has 1 aromatic rings. The number of ether oxygens (including phenoxy) is 2. The first-order valence-corrected chi connectivity index (χ1v) is 6.52. The minimum absolute atomic E-state index is 0.0572. The van der Waals surface area contributed by atoms with Gasteiger partial charge in [-0.15, -0.1) is 0 Å². The van der Waals surface area contributed by atoms with Gasteiger partial charge in [0, 0.05) is 23.9 Å². The van der Waals surface area contributed by atoms with Crippen LogP contribution in [0.3, 0.4) is 0 Å². The second-order valence-electron chi connectivity index (χ2n) is 4.77. The van der Waals surface area contributed by atoms with Gasteiger partial charge >= 0.3 is 0 Å². The lowest BCUT2D eigenvalue weighted by molar-refractivity contribution is -0.130. The Kier molecular flexibility index (Phi) is 4.37. The topological polar surface area (TPSA) is 60.5 Å². The predicted octanol–water partition coefficient (Wildman–Crippen LogP) is 1.50. The Labute approximate surface area is 113 Å². The van der Waals surface area contributed by atoms with Crippen molar-refractivity contribution in [2.75, 3.05) is 13.7 Å². The largest absolute Gasteiger partial charge is 0.496 e. The maximum Gasteiger partial charge on any atom is 0.249 e. The van der Waals surface area contributed by atoms with Crippen molar-refractivity contribution in [3.05, 3.63) is 23.0 Å². The van der Waals surface area contributed by atoms with E-state index in [4.69, 9.17) is 9.47 Å². The molecule has 1 aliphatic rings. The van der Waals surface area contributed by atoms with E-state index in [1.165, 1.54) is 0 Å². The lowest BCUT2D eigenvalue weighted by Gasteiger charge is -2.14. The Balaban J connectivity index is 2.01. The van der Waals surface area contributed by atoms with Crippen molar-refractivity contribution in [2.45, 2.75) is 39.3 Å². The highest BCUT2D eigenvalue weighted by Gasteiger charge is 2.23. The predicted molar refractivity (Wildman–Crippen MR) is 71.1 cm³/mol. The van der Waals surface area contributed by atoms with Crippen molar-refractivity contribution >= 4 is 5.91 Å². The van der Waals surface area contributed by atoms with Crippen molar-refractivity contribution in [2.24, 2.45) is 0 Å². The van der Waals surface area contributed by atoms with Crippen LogP contribution in [0.25, 0.3) is 0 Å². The van der Waals surface area contributed by atoms with Crippen molar-refractivity contribution < 1.29 is 14.3 Å². The van der Waals surface area contributed by atoms with E-state index in [0.29, 0.717) is 13.2 Å². The van der Waals surface area contributed by atoms with Crippen LogP contribution in [-0.2, 0) is 16.1 Å². The van der Waals surface area contributed by atoms with E-state index in [1.807, 2.05) is 13.8 Å². The molecule has 0 saturated carbocycles. The fourth-order valence-corrected chi connectivity index (χ4v) is 2.32. The molecule has 104 valence electrons. The fourth-order valence-electron chi connectivity index (χ4n) is 2.32. The molecule has 1 atom stereocenters. The highest BCUT2D eigenvalue weighted by molar-refractivity contribution is 5.80. The normalized spacial score (nSPS) is 18.4. The molecule has 2 rings (SSSR count). The van der Waals surface area contributed by atoms with Gasteiger partial charge in [0.15, 0.2) is 0 Å². The molecule has 5 nitrogen and oxygen atoms in total. The Morgan fingerprint density at radius 3 is 3.00 bits per heavy atom. The summed E-state index contributed by atoms with van der Waals surface area (Å²) in [6, 6.07) is 0. The van der Waals surface area contributed by atoms with Crippen molar-refractivity contribution in [1.29, 1.82) is 0 Å². The zero-order valence-electron chi connectivity index (χ0n) is 11.7. The van der Waals surface area contributed by atoms with Crippen molar-refractivity contribution in [3.63, 3.8) is 0 Å². The zero-order valence-corrected chi connectivity index (χ0v) is 11.7.